The van der Waals surface area contributed by atoms with Gasteiger partial charge in [-0.25, -0.2) is 0 Å². The summed E-state index contributed by atoms with van der Waals surface area (Å²) in [5.74, 6) is 0.724. The minimum Gasteiger partial charge on any atom is -0.482 e. The fourth-order valence-corrected chi connectivity index (χ4v) is 2.15. The third-order valence-corrected chi connectivity index (χ3v) is 3.26. The summed E-state index contributed by atoms with van der Waals surface area (Å²) in [5.41, 5.74) is 1.95. The van der Waals surface area contributed by atoms with Gasteiger partial charge in [-0.15, -0.1) is 0 Å². The highest BCUT2D eigenvalue weighted by atomic mass is 16.5. The molecule has 19 heavy (non-hydrogen) atoms. The maximum atomic E-state index is 11.6. The SMILES string of the molecule is CN(CCCO)Cc1ccc2c(c1)N(C)C(=O)CO2. The second-order valence-electron chi connectivity index (χ2n) is 4.86. The predicted octanol–water partition coefficient (Wildman–Crippen LogP) is 0.856. The summed E-state index contributed by atoms with van der Waals surface area (Å²) in [6.07, 6.45) is 0.767. The van der Waals surface area contributed by atoms with E-state index in [1.165, 1.54) is 0 Å². The van der Waals surface area contributed by atoms with E-state index in [1.54, 1.807) is 11.9 Å². The number of carbonyl (C=O) groups is 1. The van der Waals surface area contributed by atoms with Crippen molar-refractivity contribution in [3.05, 3.63) is 23.8 Å². The van der Waals surface area contributed by atoms with Crippen molar-refractivity contribution in [1.29, 1.82) is 0 Å². The Hall–Kier alpha value is -1.59. The molecule has 0 spiro atoms. The van der Waals surface area contributed by atoms with E-state index in [9.17, 15) is 4.79 Å². The zero-order chi connectivity index (χ0) is 13.8. The lowest BCUT2D eigenvalue weighted by molar-refractivity contribution is -0.120. The first kappa shape index (κ1) is 13.8. The van der Waals surface area contributed by atoms with Gasteiger partial charge in [-0.05, 0) is 31.2 Å². The molecule has 0 aliphatic carbocycles. The van der Waals surface area contributed by atoms with E-state index in [4.69, 9.17) is 9.84 Å². The van der Waals surface area contributed by atoms with Crippen molar-refractivity contribution < 1.29 is 14.6 Å². The molecule has 0 atom stereocenters. The van der Waals surface area contributed by atoms with Crippen LogP contribution in [-0.2, 0) is 11.3 Å². The Kier molecular flexibility index (Phi) is 4.39. The third kappa shape index (κ3) is 3.24. The molecule has 0 bridgehead atoms. The number of rotatable bonds is 5. The molecule has 1 aliphatic heterocycles. The Morgan fingerprint density at radius 1 is 1.47 bits per heavy atom. The number of fused-ring (bicyclic) bond motifs is 1. The number of likely N-dealkylation sites (N-methyl/N-ethyl adjacent to an activating group) is 1. The minimum absolute atomic E-state index is 0.0294. The largest absolute Gasteiger partial charge is 0.482 e. The molecule has 104 valence electrons. The molecule has 1 heterocycles. The van der Waals surface area contributed by atoms with Crippen molar-refractivity contribution in [3.63, 3.8) is 0 Å². The highest BCUT2D eigenvalue weighted by Crippen LogP contribution is 2.32. The molecule has 0 saturated heterocycles. The van der Waals surface area contributed by atoms with Gasteiger partial charge in [0.15, 0.2) is 6.61 Å². The molecular weight excluding hydrogens is 244 g/mol. The average molecular weight is 264 g/mol. The predicted molar refractivity (Wildman–Crippen MR) is 73.4 cm³/mol. The van der Waals surface area contributed by atoms with E-state index in [-0.39, 0.29) is 19.1 Å². The maximum Gasteiger partial charge on any atom is 0.264 e. The van der Waals surface area contributed by atoms with Gasteiger partial charge in [0.2, 0.25) is 0 Å². The molecule has 2 rings (SSSR count). The second-order valence-corrected chi connectivity index (χ2v) is 4.86. The first-order valence-corrected chi connectivity index (χ1v) is 6.43. The maximum absolute atomic E-state index is 11.6. The summed E-state index contributed by atoms with van der Waals surface area (Å²) in [6.45, 7) is 1.95. The minimum atomic E-state index is -0.0294. The summed E-state index contributed by atoms with van der Waals surface area (Å²) in [7, 11) is 3.78. The van der Waals surface area contributed by atoms with E-state index in [0.29, 0.717) is 0 Å². The molecule has 0 aromatic heterocycles. The smallest absolute Gasteiger partial charge is 0.264 e. The monoisotopic (exact) mass is 264 g/mol. The number of hydrogen-bond acceptors (Lipinski definition) is 4. The molecular formula is C14H20N2O3. The zero-order valence-electron chi connectivity index (χ0n) is 11.4. The van der Waals surface area contributed by atoms with Crippen molar-refractivity contribution >= 4 is 11.6 Å². The fourth-order valence-electron chi connectivity index (χ4n) is 2.15. The Balaban J connectivity index is 2.10. The van der Waals surface area contributed by atoms with Crippen molar-refractivity contribution in [1.82, 2.24) is 4.90 Å². The van der Waals surface area contributed by atoms with Crippen LogP contribution in [0.2, 0.25) is 0 Å². The molecule has 1 aliphatic rings. The number of aliphatic hydroxyl groups excluding tert-OH is 1. The van der Waals surface area contributed by atoms with Crippen molar-refractivity contribution in [3.8, 4) is 5.75 Å². The lowest BCUT2D eigenvalue weighted by Crippen LogP contribution is -2.35. The van der Waals surface area contributed by atoms with Gasteiger partial charge in [-0.2, -0.15) is 0 Å². The van der Waals surface area contributed by atoms with E-state index >= 15 is 0 Å². The molecule has 0 unspecified atom stereocenters. The average Bonchev–Trinajstić information content (AvgIpc) is 2.41. The van der Waals surface area contributed by atoms with Crippen LogP contribution in [0, 0.1) is 0 Å². The van der Waals surface area contributed by atoms with Crippen LogP contribution >= 0.6 is 0 Å². The van der Waals surface area contributed by atoms with Crippen LogP contribution in [0.3, 0.4) is 0 Å². The number of benzene rings is 1. The summed E-state index contributed by atoms with van der Waals surface area (Å²) < 4.78 is 5.39. The number of aliphatic hydroxyl groups is 1. The number of carbonyl (C=O) groups excluding carboxylic acids is 1. The number of anilines is 1. The number of amides is 1. The normalized spacial score (nSPS) is 14.5. The van der Waals surface area contributed by atoms with Crippen molar-refractivity contribution in [2.24, 2.45) is 0 Å². The molecule has 0 saturated carbocycles. The molecule has 5 nitrogen and oxygen atoms in total. The quantitative estimate of drug-likeness (QED) is 0.857. The molecule has 0 radical (unpaired) electrons. The van der Waals surface area contributed by atoms with Gasteiger partial charge in [0.25, 0.3) is 5.91 Å². The topological polar surface area (TPSA) is 53.0 Å². The van der Waals surface area contributed by atoms with Gasteiger partial charge in [0.1, 0.15) is 5.75 Å². The van der Waals surface area contributed by atoms with Gasteiger partial charge < -0.3 is 19.6 Å². The highest BCUT2D eigenvalue weighted by Gasteiger charge is 2.22. The summed E-state index contributed by atoms with van der Waals surface area (Å²) in [6, 6.07) is 5.91. The van der Waals surface area contributed by atoms with E-state index in [0.717, 1.165) is 36.5 Å². The number of ether oxygens (including phenoxy) is 1. The van der Waals surface area contributed by atoms with Crippen LogP contribution in [0.4, 0.5) is 5.69 Å². The lowest BCUT2D eigenvalue weighted by atomic mass is 10.1. The Labute approximate surface area is 113 Å². The zero-order valence-corrected chi connectivity index (χ0v) is 11.4. The van der Waals surface area contributed by atoms with Crippen LogP contribution in [0.25, 0.3) is 0 Å². The van der Waals surface area contributed by atoms with Gasteiger partial charge in [0.05, 0.1) is 5.69 Å². The van der Waals surface area contributed by atoms with Crippen molar-refractivity contribution in [2.45, 2.75) is 13.0 Å². The summed E-state index contributed by atoms with van der Waals surface area (Å²) in [5, 5.41) is 8.82. The molecule has 0 fully saturated rings. The third-order valence-electron chi connectivity index (χ3n) is 3.26. The Morgan fingerprint density at radius 2 is 2.26 bits per heavy atom. The van der Waals surface area contributed by atoms with Gasteiger partial charge in [-0.3, -0.25) is 4.79 Å². The van der Waals surface area contributed by atoms with Crippen LogP contribution in [-0.4, -0.2) is 49.8 Å². The van der Waals surface area contributed by atoms with Crippen LogP contribution in [0.15, 0.2) is 18.2 Å². The fraction of sp³-hybridized carbons (Fsp3) is 0.500. The number of hydrogen-bond donors (Lipinski definition) is 1. The highest BCUT2D eigenvalue weighted by molar-refractivity contribution is 5.97. The lowest BCUT2D eigenvalue weighted by Gasteiger charge is -2.27. The van der Waals surface area contributed by atoms with E-state index in [1.807, 2.05) is 25.2 Å². The number of nitrogens with zero attached hydrogens (tertiary/aromatic N) is 2. The van der Waals surface area contributed by atoms with Gasteiger partial charge in [-0.1, -0.05) is 6.07 Å². The molecule has 1 aromatic carbocycles. The summed E-state index contributed by atoms with van der Waals surface area (Å²) in [4.78, 5) is 15.4. The van der Waals surface area contributed by atoms with Crippen LogP contribution < -0.4 is 9.64 Å². The Morgan fingerprint density at radius 3 is 3.00 bits per heavy atom. The summed E-state index contributed by atoms with van der Waals surface area (Å²) >= 11 is 0. The van der Waals surface area contributed by atoms with Crippen LogP contribution in [0.1, 0.15) is 12.0 Å². The second kappa shape index (κ2) is 6.04. The first-order chi connectivity index (χ1) is 9.11. The first-order valence-electron chi connectivity index (χ1n) is 6.43. The van der Waals surface area contributed by atoms with Crippen LogP contribution in [0.5, 0.6) is 5.75 Å². The molecule has 1 amide bonds. The molecule has 1 aromatic rings. The van der Waals surface area contributed by atoms with E-state index < -0.39 is 0 Å². The molecule has 5 heteroatoms. The van der Waals surface area contributed by atoms with E-state index in [2.05, 4.69) is 4.90 Å². The molecule has 1 N–H and O–H groups in total. The van der Waals surface area contributed by atoms with Crippen molar-refractivity contribution in [2.75, 3.05) is 38.8 Å². The van der Waals surface area contributed by atoms with Gasteiger partial charge in [0, 0.05) is 26.7 Å². The standard InChI is InChI=1S/C14H20N2O3/c1-15(6-3-7-17)9-11-4-5-13-12(8-11)16(2)14(18)10-19-13/h4-5,8,17H,3,6-7,9-10H2,1-2H3. The van der Waals surface area contributed by atoms with Gasteiger partial charge >= 0.3 is 0 Å². The Bertz CT molecular complexity index is 462.